The van der Waals surface area contributed by atoms with E-state index < -0.39 is 0 Å². The van der Waals surface area contributed by atoms with E-state index in [1.54, 1.807) is 27.7 Å². The van der Waals surface area contributed by atoms with Gasteiger partial charge in [0.2, 0.25) is 0 Å². The van der Waals surface area contributed by atoms with Crippen LogP contribution >= 0.6 is 23.1 Å². The zero-order valence-corrected chi connectivity index (χ0v) is 16.9. The summed E-state index contributed by atoms with van der Waals surface area (Å²) in [4.78, 5) is 22.6. The lowest BCUT2D eigenvalue weighted by Gasteiger charge is -2.11. The normalized spacial score (nSPS) is 11.6. The highest BCUT2D eigenvalue weighted by Crippen LogP contribution is 2.28. The number of hydrogen-bond donors (Lipinski definition) is 0. The third kappa shape index (κ3) is 2.99. The SMILES string of the molecule is CCn1c(SCc2nc3ccccc3s2)nc2cc3ccccc3cc2c1=O. The monoisotopic (exact) mass is 403 g/mol. The molecule has 0 amide bonds. The van der Waals surface area contributed by atoms with E-state index in [1.807, 2.05) is 55.5 Å². The molecule has 0 saturated heterocycles. The van der Waals surface area contributed by atoms with Crippen molar-refractivity contribution in [3.05, 3.63) is 76.0 Å². The molecule has 0 N–H and O–H groups in total. The van der Waals surface area contributed by atoms with Gasteiger partial charge in [-0.05, 0) is 42.0 Å². The lowest BCUT2D eigenvalue weighted by Crippen LogP contribution is -2.22. The lowest BCUT2D eigenvalue weighted by atomic mass is 10.1. The van der Waals surface area contributed by atoms with E-state index in [1.165, 1.54) is 4.70 Å². The lowest BCUT2D eigenvalue weighted by molar-refractivity contribution is 0.634. The molecule has 0 radical (unpaired) electrons. The number of benzene rings is 3. The third-order valence-corrected chi connectivity index (χ3v) is 6.97. The van der Waals surface area contributed by atoms with Gasteiger partial charge in [0, 0.05) is 6.54 Å². The standard InChI is InChI=1S/C22H17N3OS2/c1-2-25-21(26)16-11-14-7-3-4-8-15(14)12-18(16)24-22(25)27-13-20-23-17-9-5-6-10-19(17)28-20/h3-12H,2,13H2,1H3. The Morgan fingerprint density at radius 3 is 2.50 bits per heavy atom. The van der Waals surface area contributed by atoms with Crippen LogP contribution in [0.4, 0.5) is 0 Å². The highest BCUT2D eigenvalue weighted by Gasteiger charge is 2.13. The quantitative estimate of drug-likeness (QED) is 0.227. The Bertz CT molecular complexity index is 1350. The topological polar surface area (TPSA) is 47.8 Å². The molecule has 3 aromatic carbocycles. The number of para-hydroxylation sites is 1. The maximum atomic E-state index is 13.1. The molecule has 0 aliphatic rings. The first kappa shape index (κ1) is 17.4. The number of hydrogen-bond acceptors (Lipinski definition) is 5. The van der Waals surface area contributed by atoms with Crippen LogP contribution in [0.25, 0.3) is 31.9 Å². The summed E-state index contributed by atoms with van der Waals surface area (Å²) in [5.41, 5.74) is 1.79. The maximum Gasteiger partial charge on any atom is 0.262 e. The fourth-order valence-electron chi connectivity index (χ4n) is 3.38. The Balaban J connectivity index is 1.57. The third-order valence-electron chi connectivity index (χ3n) is 4.77. The number of aromatic nitrogens is 3. The van der Waals surface area contributed by atoms with Crippen molar-refractivity contribution in [2.75, 3.05) is 0 Å². The zero-order chi connectivity index (χ0) is 19.1. The Hall–Kier alpha value is -2.70. The molecule has 0 bridgehead atoms. The smallest absolute Gasteiger partial charge is 0.262 e. The Labute approximate surface area is 169 Å². The second-order valence-corrected chi connectivity index (χ2v) is 8.58. The summed E-state index contributed by atoms with van der Waals surface area (Å²) in [6.07, 6.45) is 0. The van der Waals surface area contributed by atoms with Gasteiger partial charge < -0.3 is 0 Å². The van der Waals surface area contributed by atoms with Crippen molar-refractivity contribution in [1.29, 1.82) is 0 Å². The average molecular weight is 404 g/mol. The van der Waals surface area contributed by atoms with Crippen LogP contribution in [0.3, 0.4) is 0 Å². The van der Waals surface area contributed by atoms with Crippen LogP contribution in [0.5, 0.6) is 0 Å². The summed E-state index contributed by atoms with van der Waals surface area (Å²) < 4.78 is 2.94. The molecule has 6 heteroatoms. The molecule has 2 heterocycles. The van der Waals surface area contributed by atoms with Crippen molar-refractivity contribution in [3.63, 3.8) is 0 Å². The van der Waals surface area contributed by atoms with Gasteiger partial charge in [0.05, 0.1) is 26.9 Å². The molecule has 0 atom stereocenters. The van der Waals surface area contributed by atoms with Gasteiger partial charge in [-0.1, -0.05) is 48.2 Å². The second kappa shape index (κ2) is 7.04. The van der Waals surface area contributed by atoms with E-state index in [9.17, 15) is 4.79 Å². The fraction of sp³-hybridized carbons (Fsp3) is 0.136. The molecule has 0 saturated carbocycles. The highest BCUT2D eigenvalue weighted by atomic mass is 32.2. The molecule has 0 unspecified atom stereocenters. The summed E-state index contributed by atoms with van der Waals surface area (Å²) in [6.45, 7) is 2.58. The van der Waals surface area contributed by atoms with Gasteiger partial charge in [-0.3, -0.25) is 9.36 Å². The summed E-state index contributed by atoms with van der Waals surface area (Å²) >= 11 is 3.27. The van der Waals surface area contributed by atoms with E-state index in [2.05, 4.69) is 12.1 Å². The number of fused-ring (bicyclic) bond motifs is 3. The van der Waals surface area contributed by atoms with Gasteiger partial charge in [0.25, 0.3) is 5.56 Å². The predicted octanol–water partition coefficient (Wildman–Crippen LogP) is 5.47. The summed E-state index contributed by atoms with van der Waals surface area (Å²) in [5, 5.41) is 4.62. The molecule has 0 aliphatic heterocycles. The molecular weight excluding hydrogens is 386 g/mol. The molecule has 5 rings (SSSR count). The highest BCUT2D eigenvalue weighted by molar-refractivity contribution is 7.98. The molecule has 0 aliphatic carbocycles. The molecule has 28 heavy (non-hydrogen) atoms. The van der Waals surface area contributed by atoms with E-state index >= 15 is 0 Å². The van der Waals surface area contributed by atoms with Crippen LogP contribution in [0.15, 0.2) is 70.6 Å². The van der Waals surface area contributed by atoms with Gasteiger partial charge >= 0.3 is 0 Å². The molecule has 5 aromatic rings. The van der Waals surface area contributed by atoms with Crippen LogP contribution < -0.4 is 5.56 Å². The van der Waals surface area contributed by atoms with E-state index in [0.29, 0.717) is 17.7 Å². The molecule has 2 aromatic heterocycles. The minimum Gasteiger partial charge on any atom is -0.287 e. The molecule has 0 fully saturated rings. The second-order valence-electron chi connectivity index (χ2n) is 6.52. The number of rotatable bonds is 4. The van der Waals surface area contributed by atoms with E-state index in [-0.39, 0.29) is 5.56 Å². The van der Waals surface area contributed by atoms with Crippen LogP contribution in [0.1, 0.15) is 11.9 Å². The first-order valence-electron chi connectivity index (χ1n) is 9.13. The van der Waals surface area contributed by atoms with Gasteiger partial charge in [-0.15, -0.1) is 11.3 Å². The average Bonchev–Trinajstić information content (AvgIpc) is 3.14. The van der Waals surface area contributed by atoms with Crippen LogP contribution in [-0.2, 0) is 12.3 Å². The zero-order valence-electron chi connectivity index (χ0n) is 15.3. The van der Waals surface area contributed by atoms with Crippen molar-refractivity contribution < 1.29 is 0 Å². The number of nitrogens with zero attached hydrogens (tertiary/aromatic N) is 3. The van der Waals surface area contributed by atoms with Crippen LogP contribution in [0.2, 0.25) is 0 Å². The Morgan fingerprint density at radius 2 is 1.71 bits per heavy atom. The van der Waals surface area contributed by atoms with Gasteiger partial charge in [0.15, 0.2) is 5.16 Å². The van der Waals surface area contributed by atoms with Crippen LogP contribution in [0, 0.1) is 0 Å². The predicted molar refractivity (Wildman–Crippen MR) is 118 cm³/mol. The summed E-state index contributed by atoms with van der Waals surface area (Å²) in [5.74, 6) is 0.699. The molecule has 4 nitrogen and oxygen atoms in total. The van der Waals surface area contributed by atoms with Gasteiger partial charge in [-0.25, -0.2) is 9.97 Å². The maximum absolute atomic E-state index is 13.1. The van der Waals surface area contributed by atoms with Crippen molar-refractivity contribution in [3.8, 4) is 0 Å². The molecule has 0 spiro atoms. The minimum atomic E-state index is 0.0186. The van der Waals surface area contributed by atoms with Crippen molar-refractivity contribution in [1.82, 2.24) is 14.5 Å². The molecular formula is C22H17N3OS2. The summed E-state index contributed by atoms with van der Waals surface area (Å²) in [7, 11) is 0. The van der Waals surface area contributed by atoms with Crippen molar-refractivity contribution in [2.24, 2.45) is 0 Å². The first-order valence-corrected chi connectivity index (χ1v) is 10.9. The number of thiazole rings is 1. The fourth-order valence-corrected chi connectivity index (χ4v) is 5.41. The van der Waals surface area contributed by atoms with E-state index in [4.69, 9.17) is 9.97 Å². The number of thioether (sulfide) groups is 1. The van der Waals surface area contributed by atoms with Gasteiger partial charge in [-0.2, -0.15) is 0 Å². The first-order chi connectivity index (χ1) is 13.7. The minimum absolute atomic E-state index is 0.0186. The largest absolute Gasteiger partial charge is 0.287 e. The Morgan fingerprint density at radius 1 is 0.964 bits per heavy atom. The Kier molecular flexibility index (Phi) is 4.37. The van der Waals surface area contributed by atoms with Crippen molar-refractivity contribution >= 4 is 55.0 Å². The summed E-state index contributed by atoms with van der Waals surface area (Å²) in [6, 6.07) is 20.2. The molecule has 138 valence electrons. The van der Waals surface area contributed by atoms with E-state index in [0.717, 1.165) is 32.0 Å². The van der Waals surface area contributed by atoms with Gasteiger partial charge in [0.1, 0.15) is 5.01 Å². The van der Waals surface area contributed by atoms with Crippen LogP contribution in [-0.4, -0.2) is 14.5 Å². The van der Waals surface area contributed by atoms with Crippen molar-refractivity contribution in [2.45, 2.75) is 24.4 Å².